The van der Waals surface area contributed by atoms with Gasteiger partial charge in [-0.2, -0.15) is 0 Å². The molecule has 0 aromatic heterocycles. The SMILES string of the molecule is CN=C(NCc1ccc(C(=O)NCC(N)=O)cc1)NCC1(C(=O)N(C)C)CCCC1.I. The molecule has 1 aliphatic rings. The Balaban J connectivity index is 0.00000480. The summed E-state index contributed by atoms with van der Waals surface area (Å²) in [6.45, 7) is 0.863. The topological polar surface area (TPSA) is 129 Å². The summed E-state index contributed by atoms with van der Waals surface area (Å²) in [5, 5.41) is 8.99. The molecule has 3 amide bonds. The molecule has 172 valence electrons. The molecule has 0 aliphatic heterocycles. The fourth-order valence-electron chi connectivity index (χ4n) is 3.70. The summed E-state index contributed by atoms with van der Waals surface area (Å²) in [6.07, 6.45) is 3.89. The number of nitrogens with one attached hydrogen (secondary N) is 3. The van der Waals surface area contributed by atoms with Gasteiger partial charge in [0.05, 0.1) is 12.0 Å². The van der Waals surface area contributed by atoms with Crippen molar-refractivity contribution in [1.29, 1.82) is 0 Å². The van der Waals surface area contributed by atoms with E-state index < -0.39 is 5.91 Å². The number of nitrogens with two attached hydrogens (primary N) is 1. The number of benzene rings is 1. The number of aliphatic imine (C=N–C) groups is 1. The number of halogens is 1. The van der Waals surface area contributed by atoms with Gasteiger partial charge >= 0.3 is 0 Å². The van der Waals surface area contributed by atoms with E-state index >= 15 is 0 Å². The lowest BCUT2D eigenvalue weighted by Gasteiger charge is -2.31. The van der Waals surface area contributed by atoms with Crippen molar-refractivity contribution in [2.45, 2.75) is 32.2 Å². The third-order valence-electron chi connectivity index (χ3n) is 5.34. The minimum atomic E-state index is -0.588. The van der Waals surface area contributed by atoms with Crippen molar-refractivity contribution in [1.82, 2.24) is 20.9 Å². The molecular weight excluding hydrogens is 511 g/mol. The molecule has 0 radical (unpaired) electrons. The van der Waals surface area contributed by atoms with E-state index in [1.165, 1.54) is 0 Å². The van der Waals surface area contributed by atoms with E-state index in [1.807, 2.05) is 12.1 Å². The van der Waals surface area contributed by atoms with Crippen LogP contribution < -0.4 is 21.7 Å². The predicted molar refractivity (Wildman–Crippen MR) is 131 cm³/mol. The molecule has 0 saturated heterocycles. The van der Waals surface area contributed by atoms with Gasteiger partial charge in [-0.1, -0.05) is 25.0 Å². The Morgan fingerprint density at radius 2 is 1.68 bits per heavy atom. The maximum Gasteiger partial charge on any atom is 0.251 e. The van der Waals surface area contributed by atoms with Gasteiger partial charge in [0.1, 0.15) is 0 Å². The molecule has 1 fully saturated rings. The Morgan fingerprint density at radius 1 is 1.06 bits per heavy atom. The molecule has 0 atom stereocenters. The highest BCUT2D eigenvalue weighted by Crippen LogP contribution is 2.38. The van der Waals surface area contributed by atoms with Crippen LogP contribution >= 0.6 is 24.0 Å². The maximum atomic E-state index is 12.7. The lowest BCUT2D eigenvalue weighted by Crippen LogP contribution is -2.49. The fraction of sp³-hybridized carbons (Fsp3) is 0.524. The Morgan fingerprint density at radius 3 is 2.19 bits per heavy atom. The van der Waals surface area contributed by atoms with Crippen LogP contribution in [-0.4, -0.2) is 62.8 Å². The zero-order chi connectivity index (χ0) is 22.1. The first kappa shape index (κ1) is 26.7. The summed E-state index contributed by atoms with van der Waals surface area (Å²) >= 11 is 0. The zero-order valence-electron chi connectivity index (χ0n) is 18.4. The zero-order valence-corrected chi connectivity index (χ0v) is 20.7. The fourth-order valence-corrected chi connectivity index (χ4v) is 3.70. The molecule has 1 aliphatic carbocycles. The summed E-state index contributed by atoms with van der Waals surface area (Å²) in [6, 6.07) is 7.03. The van der Waals surface area contributed by atoms with Gasteiger partial charge in [-0.25, -0.2) is 0 Å². The van der Waals surface area contributed by atoms with E-state index in [0.29, 0.717) is 24.6 Å². The molecule has 5 N–H and O–H groups in total. The van der Waals surface area contributed by atoms with Crippen LogP contribution in [0.15, 0.2) is 29.3 Å². The molecule has 0 bridgehead atoms. The van der Waals surface area contributed by atoms with Crippen molar-refractivity contribution in [3.05, 3.63) is 35.4 Å². The highest BCUT2D eigenvalue weighted by atomic mass is 127. The van der Waals surface area contributed by atoms with E-state index in [0.717, 1.165) is 31.2 Å². The van der Waals surface area contributed by atoms with Crippen LogP contribution in [0.2, 0.25) is 0 Å². The van der Waals surface area contributed by atoms with E-state index in [1.54, 1.807) is 38.2 Å². The molecule has 1 saturated carbocycles. The summed E-state index contributed by atoms with van der Waals surface area (Å²) in [5.74, 6) is -0.155. The van der Waals surface area contributed by atoms with Gasteiger partial charge < -0.3 is 26.6 Å². The van der Waals surface area contributed by atoms with Crippen molar-refractivity contribution in [3.8, 4) is 0 Å². The van der Waals surface area contributed by atoms with Gasteiger partial charge in [0, 0.05) is 39.8 Å². The van der Waals surface area contributed by atoms with Gasteiger partial charge in [0.15, 0.2) is 5.96 Å². The highest BCUT2D eigenvalue weighted by molar-refractivity contribution is 14.0. The molecule has 10 heteroatoms. The number of amides is 3. The smallest absolute Gasteiger partial charge is 0.251 e. The quantitative estimate of drug-likeness (QED) is 0.219. The van der Waals surface area contributed by atoms with E-state index in [-0.39, 0.29) is 47.8 Å². The average molecular weight is 544 g/mol. The molecule has 1 aromatic carbocycles. The van der Waals surface area contributed by atoms with Crippen molar-refractivity contribution in [3.63, 3.8) is 0 Å². The van der Waals surface area contributed by atoms with Crippen LogP contribution in [-0.2, 0) is 16.1 Å². The number of rotatable bonds is 8. The van der Waals surface area contributed by atoms with Crippen LogP contribution in [0.4, 0.5) is 0 Å². The van der Waals surface area contributed by atoms with Crippen LogP contribution in [0, 0.1) is 5.41 Å². The second-order valence-electron chi connectivity index (χ2n) is 7.81. The number of carbonyl (C=O) groups excluding carboxylic acids is 3. The molecule has 31 heavy (non-hydrogen) atoms. The predicted octanol–water partition coefficient (Wildman–Crippen LogP) is 0.833. The average Bonchev–Trinajstić information content (AvgIpc) is 3.22. The van der Waals surface area contributed by atoms with E-state index in [4.69, 9.17) is 5.73 Å². The Bertz CT molecular complexity index is 789. The number of hydrogen-bond acceptors (Lipinski definition) is 4. The van der Waals surface area contributed by atoms with Gasteiger partial charge in [-0.05, 0) is 30.5 Å². The first-order chi connectivity index (χ1) is 14.3. The van der Waals surface area contributed by atoms with E-state index in [2.05, 4.69) is 20.9 Å². The van der Waals surface area contributed by atoms with Crippen molar-refractivity contribution >= 4 is 47.7 Å². The molecule has 9 nitrogen and oxygen atoms in total. The van der Waals surface area contributed by atoms with Crippen LogP contribution in [0.5, 0.6) is 0 Å². The first-order valence-corrected chi connectivity index (χ1v) is 10.1. The van der Waals surface area contributed by atoms with Crippen molar-refractivity contribution < 1.29 is 14.4 Å². The number of nitrogens with zero attached hydrogens (tertiary/aromatic N) is 2. The molecule has 0 heterocycles. The van der Waals surface area contributed by atoms with Gasteiger partial charge in [0.25, 0.3) is 5.91 Å². The molecule has 0 spiro atoms. The van der Waals surface area contributed by atoms with Crippen LogP contribution in [0.1, 0.15) is 41.6 Å². The summed E-state index contributed by atoms with van der Waals surface area (Å²) < 4.78 is 0. The maximum absolute atomic E-state index is 12.7. The first-order valence-electron chi connectivity index (χ1n) is 10.1. The minimum Gasteiger partial charge on any atom is -0.368 e. The third-order valence-corrected chi connectivity index (χ3v) is 5.34. The summed E-state index contributed by atoms with van der Waals surface area (Å²) in [4.78, 5) is 41.3. The van der Waals surface area contributed by atoms with Crippen molar-refractivity contribution in [2.75, 3.05) is 34.2 Å². The summed E-state index contributed by atoms with van der Waals surface area (Å²) in [5.41, 5.74) is 6.07. The minimum absolute atomic E-state index is 0. The lowest BCUT2D eigenvalue weighted by atomic mass is 9.84. The molecule has 0 unspecified atom stereocenters. The normalized spacial score (nSPS) is 14.9. The second-order valence-corrected chi connectivity index (χ2v) is 7.81. The Labute approximate surface area is 200 Å². The van der Waals surface area contributed by atoms with Crippen molar-refractivity contribution in [2.24, 2.45) is 16.1 Å². The number of primary amides is 1. The highest BCUT2D eigenvalue weighted by Gasteiger charge is 2.42. The number of carbonyl (C=O) groups is 3. The van der Waals surface area contributed by atoms with Gasteiger partial charge in [0.2, 0.25) is 11.8 Å². The standard InChI is InChI=1S/C21H32N6O3.HI/c1-23-20(26-14-21(10-4-5-11-21)19(30)27(2)3)25-12-15-6-8-16(9-7-15)18(29)24-13-17(22)28;/h6-9H,4-5,10-14H2,1-3H3,(H2,22,28)(H,24,29)(H2,23,25,26);1H. The lowest BCUT2D eigenvalue weighted by molar-refractivity contribution is -0.138. The molecular formula is C21H33IN6O3. The number of guanidine groups is 1. The Kier molecular flexibility index (Phi) is 10.7. The second kappa shape index (κ2) is 12.5. The molecule has 2 rings (SSSR count). The van der Waals surface area contributed by atoms with Gasteiger partial charge in [-0.15, -0.1) is 24.0 Å². The van der Waals surface area contributed by atoms with Crippen LogP contribution in [0.25, 0.3) is 0 Å². The summed E-state index contributed by atoms with van der Waals surface area (Å²) in [7, 11) is 5.29. The Hall–Kier alpha value is -2.37. The third kappa shape index (κ3) is 7.67. The molecule has 1 aromatic rings. The number of hydrogen-bond donors (Lipinski definition) is 4. The van der Waals surface area contributed by atoms with Crippen LogP contribution in [0.3, 0.4) is 0 Å². The van der Waals surface area contributed by atoms with E-state index in [9.17, 15) is 14.4 Å². The van der Waals surface area contributed by atoms with Gasteiger partial charge in [-0.3, -0.25) is 19.4 Å². The largest absolute Gasteiger partial charge is 0.368 e. The monoisotopic (exact) mass is 544 g/mol.